The number of fused-ring (bicyclic) bond motifs is 1. The molecule has 3 rings (SSSR count). The van der Waals surface area contributed by atoms with Gasteiger partial charge >= 0.3 is 0 Å². The van der Waals surface area contributed by atoms with Crippen LogP contribution in [-0.2, 0) is 0 Å². The summed E-state index contributed by atoms with van der Waals surface area (Å²) in [5.41, 5.74) is 1.94. The quantitative estimate of drug-likeness (QED) is 0.538. The molecule has 6 nitrogen and oxygen atoms in total. The van der Waals surface area contributed by atoms with Gasteiger partial charge in [0, 0.05) is 17.7 Å². The standard InChI is InChI=1S/C14H10N2O4/c1-19-11-3-2-4-12-13(11)15-14(20-12)9-5-7-10(8-6-9)16(17)18/h2-8H,1H3. The number of nitrogens with zero attached hydrogens (tertiary/aromatic N) is 2. The summed E-state index contributed by atoms with van der Waals surface area (Å²) >= 11 is 0. The van der Waals surface area contributed by atoms with Crippen LogP contribution in [0.15, 0.2) is 46.9 Å². The zero-order valence-electron chi connectivity index (χ0n) is 10.6. The molecule has 1 heterocycles. The number of nitro benzene ring substituents is 1. The van der Waals surface area contributed by atoms with Crippen molar-refractivity contribution in [2.45, 2.75) is 0 Å². The van der Waals surface area contributed by atoms with E-state index in [0.717, 1.165) is 0 Å². The van der Waals surface area contributed by atoms with Gasteiger partial charge in [0.25, 0.3) is 5.69 Å². The number of ether oxygens (including phenoxy) is 1. The maximum Gasteiger partial charge on any atom is 0.269 e. The van der Waals surface area contributed by atoms with E-state index in [1.165, 1.54) is 12.1 Å². The lowest BCUT2D eigenvalue weighted by atomic mass is 10.2. The number of oxazole rings is 1. The van der Waals surface area contributed by atoms with Gasteiger partial charge in [-0.05, 0) is 24.3 Å². The molecule has 100 valence electrons. The molecule has 0 amide bonds. The fraction of sp³-hybridized carbons (Fsp3) is 0.0714. The molecule has 3 aromatic rings. The second kappa shape index (κ2) is 4.65. The van der Waals surface area contributed by atoms with Crippen molar-refractivity contribution in [3.05, 3.63) is 52.6 Å². The van der Waals surface area contributed by atoms with Crippen LogP contribution < -0.4 is 4.74 Å². The van der Waals surface area contributed by atoms with E-state index in [-0.39, 0.29) is 5.69 Å². The fourth-order valence-corrected chi connectivity index (χ4v) is 1.94. The topological polar surface area (TPSA) is 78.4 Å². The summed E-state index contributed by atoms with van der Waals surface area (Å²) in [4.78, 5) is 14.5. The minimum Gasteiger partial charge on any atom is -0.494 e. The van der Waals surface area contributed by atoms with Gasteiger partial charge in [-0.3, -0.25) is 10.1 Å². The molecule has 0 bridgehead atoms. The van der Waals surface area contributed by atoms with Crippen molar-refractivity contribution < 1.29 is 14.1 Å². The number of para-hydroxylation sites is 1. The van der Waals surface area contributed by atoms with Crippen LogP contribution in [-0.4, -0.2) is 17.0 Å². The molecule has 0 N–H and O–H groups in total. The summed E-state index contributed by atoms with van der Waals surface area (Å²) in [5.74, 6) is 1.03. The number of non-ortho nitro benzene ring substituents is 1. The summed E-state index contributed by atoms with van der Waals surface area (Å²) in [6.07, 6.45) is 0. The minimum atomic E-state index is -0.446. The van der Waals surface area contributed by atoms with E-state index in [1.54, 1.807) is 31.4 Å². The highest BCUT2D eigenvalue weighted by Gasteiger charge is 2.13. The van der Waals surface area contributed by atoms with Crippen LogP contribution in [0.25, 0.3) is 22.6 Å². The van der Waals surface area contributed by atoms with Gasteiger partial charge in [0.1, 0.15) is 5.75 Å². The van der Waals surface area contributed by atoms with E-state index < -0.39 is 4.92 Å². The molecule has 0 radical (unpaired) electrons. The molecule has 0 saturated carbocycles. The largest absolute Gasteiger partial charge is 0.494 e. The molecule has 0 saturated heterocycles. The van der Waals surface area contributed by atoms with Gasteiger partial charge in [0.2, 0.25) is 5.89 Å². The van der Waals surface area contributed by atoms with Crippen molar-refractivity contribution >= 4 is 16.8 Å². The second-order valence-corrected chi connectivity index (χ2v) is 4.13. The van der Waals surface area contributed by atoms with Gasteiger partial charge in [0.05, 0.1) is 12.0 Å². The van der Waals surface area contributed by atoms with Crippen LogP contribution in [0.4, 0.5) is 5.69 Å². The predicted octanol–water partition coefficient (Wildman–Crippen LogP) is 3.41. The number of rotatable bonds is 3. The predicted molar refractivity (Wildman–Crippen MR) is 72.7 cm³/mol. The number of benzene rings is 2. The molecule has 0 fully saturated rings. The van der Waals surface area contributed by atoms with Crippen molar-refractivity contribution in [1.82, 2.24) is 4.98 Å². The second-order valence-electron chi connectivity index (χ2n) is 4.13. The lowest BCUT2D eigenvalue weighted by Crippen LogP contribution is -1.87. The molecule has 1 aromatic heterocycles. The minimum absolute atomic E-state index is 0.0300. The number of hydrogen-bond acceptors (Lipinski definition) is 5. The third kappa shape index (κ3) is 1.97. The highest BCUT2D eigenvalue weighted by atomic mass is 16.6. The molecule has 0 atom stereocenters. The molecule has 2 aromatic carbocycles. The molecular weight excluding hydrogens is 260 g/mol. The number of hydrogen-bond donors (Lipinski definition) is 0. The summed E-state index contributed by atoms with van der Waals surface area (Å²) in [5, 5.41) is 10.6. The smallest absolute Gasteiger partial charge is 0.269 e. The van der Waals surface area contributed by atoms with Crippen molar-refractivity contribution in [2.24, 2.45) is 0 Å². The Kier molecular flexibility index (Phi) is 2.83. The number of nitro groups is 1. The lowest BCUT2D eigenvalue weighted by Gasteiger charge is -1.96. The van der Waals surface area contributed by atoms with Crippen LogP contribution in [0.5, 0.6) is 5.75 Å². The van der Waals surface area contributed by atoms with Crippen LogP contribution in [0.2, 0.25) is 0 Å². The average Bonchev–Trinajstić information content (AvgIpc) is 2.91. The Labute approximate surface area is 113 Å². The van der Waals surface area contributed by atoms with Gasteiger partial charge in [-0.2, -0.15) is 0 Å². The molecule has 0 spiro atoms. The van der Waals surface area contributed by atoms with Gasteiger partial charge in [-0.15, -0.1) is 0 Å². The molecule has 0 aliphatic heterocycles. The maximum absolute atomic E-state index is 10.6. The average molecular weight is 270 g/mol. The Morgan fingerprint density at radius 2 is 1.95 bits per heavy atom. The van der Waals surface area contributed by atoms with Crippen LogP contribution in [0.1, 0.15) is 0 Å². The van der Waals surface area contributed by atoms with E-state index in [4.69, 9.17) is 9.15 Å². The normalized spacial score (nSPS) is 10.7. The lowest BCUT2D eigenvalue weighted by molar-refractivity contribution is -0.384. The molecule has 20 heavy (non-hydrogen) atoms. The van der Waals surface area contributed by atoms with Crippen molar-refractivity contribution in [1.29, 1.82) is 0 Å². The van der Waals surface area contributed by atoms with Crippen molar-refractivity contribution in [3.63, 3.8) is 0 Å². The summed E-state index contributed by atoms with van der Waals surface area (Å²) in [6, 6.07) is 11.4. The van der Waals surface area contributed by atoms with Gasteiger partial charge < -0.3 is 9.15 Å². The molecule has 6 heteroatoms. The van der Waals surface area contributed by atoms with Crippen molar-refractivity contribution in [3.8, 4) is 17.2 Å². The SMILES string of the molecule is COc1cccc2oc(-c3ccc([N+](=O)[O-])cc3)nc12. The van der Waals surface area contributed by atoms with E-state index >= 15 is 0 Å². The van der Waals surface area contributed by atoms with Gasteiger partial charge in [-0.1, -0.05) is 6.07 Å². The summed E-state index contributed by atoms with van der Waals surface area (Å²) < 4.78 is 10.9. The first-order valence-electron chi connectivity index (χ1n) is 5.87. The molecule has 0 aliphatic rings. The third-order valence-electron chi connectivity index (χ3n) is 2.93. The van der Waals surface area contributed by atoms with Crippen LogP contribution in [0.3, 0.4) is 0 Å². The van der Waals surface area contributed by atoms with Crippen LogP contribution >= 0.6 is 0 Å². The van der Waals surface area contributed by atoms with E-state index in [2.05, 4.69) is 4.98 Å². The van der Waals surface area contributed by atoms with Crippen molar-refractivity contribution in [2.75, 3.05) is 7.11 Å². The highest BCUT2D eigenvalue weighted by Crippen LogP contribution is 2.30. The van der Waals surface area contributed by atoms with Gasteiger partial charge in [0.15, 0.2) is 11.1 Å². The Morgan fingerprint density at radius 1 is 1.20 bits per heavy atom. The Hall–Kier alpha value is -2.89. The number of methoxy groups -OCH3 is 1. The van der Waals surface area contributed by atoms with E-state index in [0.29, 0.717) is 28.3 Å². The van der Waals surface area contributed by atoms with Gasteiger partial charge in [-0.25, -0.2) is 4.98 Å². The van der Waals surface area contributed by atoms with E-state index in [1.807, 2.05) is 6.07 Å². The first-order valence-corrected chi connectivity index (χ1v) is 5.87. The Bertz CT molecular complexity index is 777. The molecule has 0 unspecified atom stereocenters. The van der Waals surface area contributed by atoms with Crippen LogP contribution in [0, 0.1) is 10.1 Å². The Balaban J connectivity index is 2.08. The first kappa shape index (κ1) is 12.2. The highest BCUT2D eigenvalue weighted by molar-refractivity contribution is 5.82. The maximum atomic E-state index is 10.6. The summed E-state index contributed by atoms with van der Waals surface area (Å²) in [6.45, 7) is 0. The monoisotopic (exact) mass is 270 g/mol. The zero-order chi connectivity index (χ0) is 14.1. The molecule has 0 aliphatic carbocycles. The Morgan fingerprint density at radius 3 is 2.60 bits per heavy atom. The zero-order valence-corrected chi connectivity index (χ0v) is 10.6. The number of aromatic nitrogens is 1. The molecular formula is C14H10N2O4. The van der Waals surface area contributed by atoms with E-state index in [9.17, 15) is 10.1 Å². The summed E-state index contributed by atoms with van der Waals surface area (Å²) in [7, 11) is 1.56. The fourth-order valence-electron chi connectivity index (χ4n) is 1.94. The third-order valence-corrected chi connectivity index (χ3v) is 2.93. The first-order chi connectivity index (χ1) is 9.69.